The minimum Gasteiger partial charge on any atom is -0.445 e. The summed E-state index contributed by atoms with van der Waals surface area (Å²) in [5.74, 6) is -1.45. The van der Waals surface area contributed by atoms with Gasteiger partial charge in [-0.3, -0.25) is 19.7 Å². The Labute approximate surface area is 281 Å². The Morgan fingerprint density at radius 2 is 1.45 bits per heavy atom. The van der Waals surface area contributed by atoms with Gasteiger partial charge in [0.25, 0.3) is 5.69 Å². The first-order valence-corrected chi connectivity index (χ1v) is 15.2. The van der Waals surface area contributed by atoms with Gasteiger partial charge in [0.1, 0.15) is 31.0 Å². The summed E-state index contributed by atoms with van der Waals surface area (Å²) >= 11 is 0. The zero-order chi connectivity index (χ0) is 35.8. The summed E-state index contributed by atoms with van der Waals surface area (Å²) in [5, 5.41) is 21.2. The molecule has 260 valence electrons. The normalized spacial score (nSPS) is 11.7. The van der Waals surface area contributed by atoms with E-state index in [1.165, 1.54) is 24.3 Å². The zero-order valence-corrected chi connectivity index (χ0v) is 26.9. The number of alkyl carbamates (subject to hydrolysis) is 1. The molecule has 0 spiro atoms. The molecule has 3 aromatic carbocycles. The lowest BCUT2D eigenvalue weighted by Crippen LogP contribution is -2.54. The van der Waals surface area contributed by atoms with Crippen molar-refractivity contribution >= 4 is 41.5 Å². The number of benzene rings is 3. The largest absolute Gasteiger partial charge is 0.514 e. The summed E-state index contributed by atoms with van der Waals surface area (Å²) in [7, 11) is 0. The Bertz CT molecular complexity index is 1580. The smallest absolute Gasteiger partial charge is 0.445 e. The zero-order valence-electron chi connectivity index (χ0n) is 26.9. The quantitative estimate of drug-likeness (QED) is 0.0478. The highest BCUT2D eigenvalue weighted by atomic mass is 16.7. The summed E-state index contributed by atoms with van der Waals surface area (Å²) in [4.78, 5) is 72.4. The number of nitro groups is 1. The number of nitrogens with one attached hydrogen (secondary N) is 4. The highest BCUT2D eigenvalue weighted by molar-refractivity contribution is 5.98. The number of rotatable bonds is 16. The van der Waals surface area contributed by atoms with Crippen LogP contribution in [0, 0.1) is 16.0 Å². The van der Waals surface area contributed by atoms with Crippen molar-refractivity contribution in [2.24, 2.45) is 11.7 Å². The molecule has 0 saturated heterocycles. The van der Waals surface area contributed by atoms with Crippen LogP contribution in [0.2, 0.25) is 0 Å². The first-order valence-electron chi connectivity index (χ1n) is 15.2. The summed E-state index contributed by atoms with van der Waals surface area (Å²) in [6.07, 6.45) is -1.39. The van der Waals surface area contributed by atoms with Gasteiger partial charge in [-0.05, 0) is 54.2 Å². The van der Waals surface area contributed by atoms with Crippen LogP contribution in [-0.4, -0.2) is 53.6 Å². The van der Waals surface area contributed by atoms with E-state index in [0.717, 1.165) is 5.56 Å². The molecule has 6 N–H and O–H groups in total. The molecule has 5 amide bonds. The van der Waals surface area contributed by atoms with Crippen LogP contribution < -0.4 is 31.7 Å². The maximum absolute atomic E-state index is 13.3. The van der Waals surface area contributed by atoms with Crippen molar-refractivity contribution in [3.8, 4) is 5.75 Å². The van der Waals surface area contributed by atoms with Gasteiger partial charge >= 0.3 is 18.3 Å². The lowest BCUT2D eigenvalue weighted by Gasteiger charge is -2.25. The van der Waals surface area contributed by atoms with Crippen molar-refractivity contribution < 1.29 is 43.1 Å². The number of nitrogens with two attached hydrogens (primary N) is 1. The van der Waals surface area contributed by atoms with Crippen LogP contribution in [0.1, 0.15) is 37.8 Å². The average Bonchev–Trinajstić information content (AvgIpc) is 3.07. The van der Waals surface area contributed by atoms with Crippen molar-refractivity contribution in [2.45, 2.75) is 52.0 Å². The number of anilines is 1. The number of hydrogen-bond donors (Lipinski definition) is 5. The van der Waals surface area contributed by atoms with Crippen molar-refractivity contribution in [1.29, 1.82) is 0 Å². The number of amides is 5. The fourth-order valence-electron chi connectivity index (χ4n) is 4.29. The second-order valence-electron chi connectivity index (χ2n) is 11.0. The van der Waals surface area contributed by atoms with Crippen LogP contribution in [0.15, 0.2) is 78.9 Å². The SMILES string of the molecule is CC(C)C(NC(=O)OCc1ccccc1)C(=O)NC(CCCNC(N)=O)C(=O)Nc1ccc(COC(=O)Oc2ccc([N+](=O)[O-])cc2)cc1. The number of nitrogens with zero attached hydrogens (tertiary/aromatic N) is 1. The monoisotopic (exact) mass is 678 g/mol. The van der Waals surface area contributed by atoms with E-state index in [1.807, 2.05) is 6.07 Å². The van der Waals surface area contributed by atoms with E-state index in [-0.39, 0.29) is 43.5 Å². The predicted molar refractivity (Wildman–Crippen MR) is 176 cm³/mol. The number of non-ortho nitro benzene ring substituents is 1. The lowest BCUT2D eigenvalue weighted by molar-refractivity contribution is -0.384. The fraction of sp³-hybridized carbons (Fsp3) is 0.303. The first-order chi connectivity index (χ1) is 23.4. The summed E-state index contributed by atoms with van der Waals surface area (Å²) in [6, 6.07) is 17.4. The van der Waals surface area contributed by atoms with Crippen LogP contribution in [0.5, 0.6) is 5.75 Å². The molecule has 0 aromatic heterocycles. The molecule has 3 aromatic rings. The van der Waals surface area contributed by atoms with Gasteiger partial charge in [-0.2, -0.15) is 0 Å². The lowest BCUT2D eigenvalue weighted by atomic mass is 10.0. The van der Waals surface area contributed by atoms with Crippen molar-refractivity contribution in [3.05, 3.63) is 100 Å². The Hall–Kier alpha value is -6.19. The first kappa shape index (κ1) is 37.3. The molecule has 0 aliphatic heterocycles. The van der Waals surface area contributed by atoms with Gasteiger partial charge in [0.2, 0.25) is 11.8 Å². The van der Waals surface area contributed by atoms with Crippen LogP contribution in [-0.2, 0) is 32.3 Å². The van der Waals surface area contributed by atoms with E-state index in [9.17, 15) is 34.1 Å². The second-order valence-corrected chi connectivity index (χ2v) is 11.0. The van der Waals surface area contributed by atoms with E-state index in [1.54, 1.807) is 62.4 Å². The molecule has 2 unspecified atom stereocenters. The molecule has 2 atom stereocenters. The van der Waals surface area contributed by atoms with Crippen LogP contribution in [0.3, 0.4) is 0 Å². The fourth-order valence-corrected chi connectivity index (χ4v) is 4.29. The van der Waals surface area contributed by atoms with Crippen LogP contribution in [0.4, 0.5) is 25.8 Å². The minimum absolute atomic E-state index is 0.00812. The molecule has 16 heteroatoms. The van der Waals surface area contributed by atoms with E-state index in [0.29, 0.717) is 17.7 Å². The number of nitro benzene ring substituents is 1. The van der Waals surface area contributed by atoms with Gasteiger partial charge in [-0.1, -0.05) is 56.3 Å². The topological polar surface area (TPSA) is 230 Å². The van der Waals surface area contributed by atoms with Gasteiger partial charge in [0.15, 0.2) is 0 Å². The molecule has 3 rings (SSSR count). The van der Waals surface area contributed by atoms with Gasteiger partial charge in [-0.15, -0.1) is 0 Å². The van der Waals surface area contributed by atoms with E-state index < -0.39 is 47.1 Å². The van der Waals surface area contributed by atoms with Crippen molar-refractivity contribution in [2.75, 3.05) is 11.9 Å². The summed E-state index contributed by atoms with van der Waals surface area (Å²) < 4.78 is 15.3. The third-order valence-electron chi connectivity index (χ3n) is 6.86. The second kappa shape index (κ2) is 18.8. The van der Waals surface area contributed by atoms with Crippen LogP contribution in [0.25, 0.3) is 0 Å². The summed E-state index contributed by atoms with van der Waals surface area (Å²) in [6.45, 7) is 3.47. The standard InChI is InChI=1S/C33H38N6O10/c1-21(2)28(38-32(43)47-19-22-7-4-3-5-8-22)30(41)37-27(9-6-18-35-31(34)42)29(40)36-24-12-10-23(11-13-24)20-48-33(44)49-26-16-14-25(15-17-26)39(45)46/h3-5,7-8,10-17,21,27-28H,6,9,18-20H2,1-2H3,(H,36,40)(H,37,41)(H,38,43)(H3,34,35,42). The highest BCUT2D eigenvalue weighted by Gasteiger charge is 2.29. The molecular weight excluding hydrogens is 640 g/mol. The predicted octanol–water partition coefficient (Wildman–Crippen LogP) is 4.13. The molecule has 0 heterocycles. The molecule has 0 saturated carbocycles. The molecular formula is C33H38N6O10. The van der Waals surface area contributed by atoms with Gasteiger partial charge in [-0.25, -0.2) is 14.4 Å². The Balaban J connectivity index is 1.57. The maximum Gasteiger partial charge on any atom is 0.514 e. The molecule has 0 fully saturated rings. The Morgan fingerprint density at radius 3 is 2.06 bits per heavy atom. The number of carbonyl (C=O) groups excluding carboxylic acids is 5. The molecule has 49 heavy (non-hydrogen) atoms. The van der Waals surface area contributed by atoms with Crippen molar-refractivity contribution in [1.82, 2.24) is 16.0 Å². The van der Waals surface area contributed by atoms with Crippen molar-refractivity contribution in [3.63, 3.8) is 0 Å². The number of carbonyl (C=O) groups is 5. The summed E-state index contributed by atoms with van der Waals surface area (Å²) in [5.41, 5.74) is 6.68. The number of primary amides is 1. The van der Waals surface area contributed by atoms with E-state index in [4.69, 9.17) is 19.9 Å². The molecule has 0 bridgehead atoms. The number of ether oxygens (including phenoxy) is 3. The van der Waals surface area contributed by atoms with E-state index in [2.05, 4.69) is 21.3 Å². The van der Waals surface area contributed by atoms with Crippen LogP contribution >= 0.6 is 0 Å². The van der Waals surface area contributed by atoms with E-state index >= 15 is 0 Å². The molecule has 0 aliphatic carbocycles. The molecule has 0 radical (unpaired) electrons. The Morgan fingerprint density at radius 1 is 0.816 bits per heavy atom. The number of urea groups is 1. The van der Waals surface area contributed by atoms with Gasteiger partial charge in [0, 0.05) is 24.4 Å². The average molecular weight is 679 g/mol. The Kier molecular flexibility index (Phi) is 14.3. The third kappa shape index (κ3) is 13.2. The highest BCUT2D eigenvalue weighted by Crippen LogP contribution is 2.18. The maximum atomic E-state index is 13.3. The van der Waals surface area contributed by atoms with Gasteiger partial charge in [0.05, 0.1) is 4.92 Å². The molecule has 16 nitrogen and oxygen atoms in total. The number of hydrogen-bond acceptors (Lipinski definition) is 10. The molecule has 0 aliphatic rings. The minimum atomic E-state index is -1.05. The van der Waals surface area contributed by atoms with Gasteiger partial charge < -0.3 is 41.2 Å². The third-order valence-corrected chi connectivity index (χ3v) is 6.86.